The van der Waals surface area contributed by atoms with Gasteiger partial charge in [0.05, 0.1) is 17.7 Å². The molecular formula is C19H23ClN4O2. The van der Waals surface area contributed by atoms with Gasteiger partial charge in [-0.2, -0.15) is 0 Å². The average molecular weight is 375 g/mol. The maximum Gasteiger partial charge on any atom is 0.258 e. The van der Waals surface area contributed by atoms with Gasteiger partial charge in [0, 0.05) is 24.1 Å². The summed E-state index contributed by atoms with van der Waals surface area (Å²) in [6.45, 7) is 0. The molecule has 6 nitrogen and oxygen atoms in total. The first-order chi connectivity index (χ1) is 12.7. The van der Waals surface area contributed by atoms with Gasteiger partial charge in [-0.15, -0.1) is 0 Å². The van der Waals surface area contributed by atoms with Gasteiger partial charge in [-0.3, -0.25) is 4.79 Å². The van der Waals surface area contributed by atoms with Crippen LogP contribution in [0, 0.1) is 0 Å². The number of amides is 1. The molecule has 1 amide bonds. The Bertz CT molecular complexity index is 744. The van der Waals surface area contributed by atoms with E-state index in [2.05, 4.69) is 20.6 Å². The lowest BCUT2D eigenvalue weighted by Gasteiger charge is -2.15. The highest BCUT2D eigenvalue weighted by atomic mass is 35.5. The van der Waals surface area contributed by atoms with E-state index in [9.17, 15) is 4.79 Å². The Morgan fingerprint density at radius 3 is 2.46 bits per heavy atom. The first kappa shape index (κ1) is 18.5. The minimum absolute atomic E-state index is 0.285. The smallest absolute Gasteiger partial charge is 0.258 e. The number of halogens is 1. The summed E-state index contributed by atoms with van der Waals surface area (Å²) in [5, 5.41) is 6.59. The van der Waals surface area contributed by atoms with E-state index in [1.807, 2.05) is 0 Å². The van der Waals surface area contributed by atoms with E-state index in [-0.39, 0.29) is 5.91 Å². The number of nitrogens with zero attached hydrogens (tertiary/aromatic N) is 2. The van der Waals surface area contributed by atoms with Crippen LogP contribution in [0.15, 0.2) is 30.6 Å². The summed E-state index contributed by atoms with van der Waals surface area (Å²) in [4.78, 5) is 20.9. The molecular weight excluding hydrogens is 352 g/mol. The van der Waals surface area contributed by atoms with E-state index >= 15 is 0 Å². The van der Waals surface area contributed by atoms with Crippen LogP contribution in [-0.2, 0) is 0 Å². The highest BCUT2D eigenvalue weighted by Gasteiger charge is 2.14. The Hall–Kier alpha value is -2.34. The molecule has 26 heavy (non-hydrogen) atoms. The average Bonchev–Trinajstić information content (AvgIpc) is 2.91. The van der Waals surface area contributed by atoms with Gasteiger partial charge < -0.3 is 15.4 Å². The molecule has 2 N–H and O–H groups in total. The topological polar surface area (TPSA) is 76.1 Å². The Kier molecular flexibility index (Phi) is 6.28. The lowest BCUT2D eigenvalue weighted by molar-refractivity contribution is 0.102. The van der Waals surface area contributed by atoms with E-state index < -0.39 is 0 Å². The monoisotopic (exact) mass is 374 g/mol. The molecule has 0 atom stereocenters. The third kappa shape index (κ3) is 4.85. The highest BCUT2D eigenvalue weighted by molar-refractivity contribution is 6.32. The number of hydrogen-bond acceptors (Lipinski definition) is 5. The first-order valence-corrected chi connectivity index (χ1v) is 9.27. The summed E-state index contributed by atoms with van der Waals surface area (Å²) in [7, 11) is 1.54. The number of nitrogens with one attached hydrogen (secondary N) is 2. The first-order valence-electron chi connectivity index (χ1n) is 8.89. The molecule has 1 aliphatic rings. The number of carbonyl (C=O) groups excluding carboxylic acids is 1. The fraction of sp³-hybridized carbons (Fsp3) is 0.421. The number of anilines is 2. The molecule has 138 valence electrons. The van der Waals surface area contributed by atoms with Gasteiger partial charge in [-0.1, -0.05) is 37.3 Å². The predicted molar refractivity (Wildman–Crippen MR) is 103 cm³/mol. The minimum atomic E-state index is -0.285. The lowest BCUT2D eigenvalue weighted by atomic mass is 10.1. The van der Waals surface area contributed by atoms with Gasteiger partial charge in [0.2, 0.25) is 5.95 Å². The summed E-state index contributed by atoms with van der Waals surface area (Å²) in [6.07, 6.45) is 10.4. The second-order valence-corrected chi connectivity index (χ2v) is 6.84. The Balaban J connectivity index is 1.60. The van der Waals surface area contributed by atoms with Crippen molar-refractivity contribution in [2.24, 2.45) is 0 Å². The number of aromatic nitrogens is 2. The Morgan fingerprint density at radius 2 is 1.85 bits per heavy atom. The van der Waals surface area contributed by atoms with Crippen molar-refractivity contribution >= 4 is 29.1 Å². The molecule has 1 heterocycles. The van der Waals surface area contributed by atoms with E-state index in [1.54, 1.807) is 25.3 Å². The van der Waals surface area contributed by atoms with Gasteiger partial charge in [-0.25, -0.2) is 9.97 Å². The Morgan fingerprint density at radius 1 is 1.15 bits per heavy atom. The summed E-state index contributed by atoms with van der Waals surface area (Å²) in [5.74, 6) is 0.843. The normalized spacial score (nSPS) is 15.2. The molecule has 0 spiro atoms. The molecule has 7 heteroatoms. The van der Waals surface area contributed by atoms with Gasteiger partial charge in [0.1, 0.15) is 5.75 Å². The third-order valence-corrected chi connectivity index (χ3v) is 4.81. The van der Waals surface area contributed by atoms with Crippen molar-refractivity contribution in [1.29, 1.82) is 0 Å². The molecule has 1 aliphatic carbocycles. The van der Waals surface area contributed by atoms with Crippen molar-refractivity contribution < 1.29 is 9.53 Å². The summed E-state index contributed by atoms with van der Waals surface area (Å²) < 4.78 is 5.10. The van der Waals surface area contributed by atoms with Crippen molar-refractivity contribution in [3.63, 3.8) is 0 Å². The van der Waals surface area contributed by atoms with Crippen LogP contribution in [0.4, 0.5) is 11.6 Å². The Labute approximate surface area is 158 Å². The van der Waals surface area contributed by atoms with Gasteiger partial charge in [0.15, 0.2) is 0 Å². The molecule has 3 rings (SSSR count). The maximum absolute atomic E-state index is 12.3. The van der Waals surface area contributed by atoms with Crippen LogP contribution in [0.1, 0.15) is 48.9 Å². The van der Waals surface area contributed by atoms with E-state index in [0.717, 1.165) is 12.8 Å². The van der Waals surface area contributed by atoms with Crippen LogP contribution in [0.3, 0.4) is 0 Å². The zero-order valence-corrected chi connectivity index (χ0v) is 15.6. The number of carbonyl (C=O) groups is 1. The number of rotatable bonds is 5. The highest BCUT2D eigenvalue weighted by Crippen LogP contribution is 2.27. The van der Waals surface area contributed by atoms with Crippen LogP contribution in [-0.4, -0.2) is 29.0 Å². The van der Waals surface area contributed by atoms with Crippen LogP contribution >= 0.6 is 11.6 Å². The second-order valence-electron chi connectivity index (χ2n) is 6.43. The third-order valence-electron chi connectivity index (χ3n) is 4.51. The van der Waals surface area contributed by atoms with Crippen molar-refractivity contribution in [2.45, 2.75) is 44.6 Å². The largest absolute Gasteiger partial charge is 0.495 e. The van der Waals surface area contributed by atoms with Crippen LogP contribution in [0.25, 0.3) is 0 Å². The molecule has 1 aromatic heterocycles. The number of ether oxygens (including phenoxy) is 1. The van der Waals surface area contributed by atoms with E-state index in [1.165, 1.54) is 38.1 Å². The summed E-state index contributed by atoms with van der Waals surface area (Å²) >= 11 is 6.07. The maximum atomic E-state index is 12.3. The van der Waals surface area contributed by atoms with E-state index in [4.69, 9.17) is 16.3 Å². The van der Waals surface area contributed by atoms with Gasteiger partial charge in [0.25, 0.3) is 5.91 Å². The van der Waals surface area contributed by atoms with Crippen LogP contribution in [0.5, 0.6) is 5.75 Å². The molecule has 0 aliphatic heterocycles. The molecule has 0 bridgehead atoms. The summed E-state index contributed by atoms with van der Waals surface area (Å²) in [5.41, 5.74) is 0.977. The van der Waals surface area contributed by atoms with Gasteiger partial charge in [-0.05, 0) is 31.0 Å². The minimum Gasteiger partial charge on any atom is -0.495 e. The number of hydrogen-bond donors (Lipinski definition) is 2. The molecule has 2 aromatic rings. The number of benzene rings is 1. The molecule has 1 aromatic carbocycles. The van der Waals surface area contributed by atoms with Crippen molar-refractivity contribution in [3.05, 3.63) is 41.2 Å². The summed E-state index contributed by atoms with van der Waals surface area (Å²) in [6, 6.07) is 5.49. The zero-order valence-electron chi connectivity index (χ0n) is 14.8. The molecule has 0 unspecified atom stereocenters. The molecule has 0 radical (unpaired) electrons. The van der Waals surface area contributed by atoms with Crippen molar-refractivity contribution in [3.8, 4) is 5.75 Å². The standard InChI is InChI=1S/C19H23ClN4O2/c1-26-17-9-8-15(10-16(17)20)23-18(25)13-11-21-19(22-12-13)24-14-6-4-2-3-5-7-14/h8-12,14H,2-7H2,1H3,(H,23,25)(H,21,22,24). The van der Waals surface area contributed by atoms with Gasteiger partial charge >= 0.3 is 0 Å². The fourth-order valence-corrected chi connectivity index (χ4v) is 3.33. The molecule has 1 saturated carbocycles. The van der Waals surface area contributed by atoms with Crippen LogP contribution < -0.4 is 15.4 Å². The van der Waals surface area contributed by atoms with Crippen molar-refractivity contribution in [2.75, 3.05) is 17.7 Å². The van der Waals surface area contributed by atoms with Crippen molar-refractivity contribution in [1.82, 2.24) is 9.97 Å². The molecule has 1 fully saturated rings. The lowest BCUT2D eigenvalue weighted by Crippen LogP contribution is -2.20. The second kappa shape index (κ2) is 8.85. The molecule has 0 saturated heterocycles. The zero-order chi connectivity index (χ0) is 18.4. The SMILES string of the molecule is COc1ccc(NC(=O)c2cnc(NC3CCCCCC3)nc2)cc1Cl. The fourth-order valence-electron chi connectivity index (χ4n) is 3.07. The predicted octanol–water partition coefficient (Wildman–Crippen LogP) is 4.53. The van der Waals surface area contributed by atoms with Crippen LogP contribution in [0.2, 0.25) is 5.02 Å². The van der Waals surface area contributed by atoms with E-state index in [0.29, 0.717) is 34.0 Å². The quantitative estimate of drug-likeness (QED) is 0.752. The number of methoxy groups -OCH3 is 1.